The number of nitrogens with zero attached hydrogens (tertiary/aromatic N) is 1. The van der Waals surface area contributed by atoms with E-state index in [0.717, 1.165) is 4.88 Å². The normalized spacial score (nSPS) is 20.5. The van der Waals surface area contributed by atoms with Crippen molar-refractivity contribution in [3.63, 3.8) is 0 Å². The van der Waals surface area contributed by atoms with E-state index in [1.165, 1.54) is 29.7 Å². The number of hydrogen-bond donors (Lipinski definition) is 2. The quantitative estimate of drug-likeness (QED) is 0.525. The number of nitrogens with one attached hydrogen (secondary N) is 2. The molecule has 0 saturated carbocycles. The van der Waals surface area contributed by atoms with Crippen LogP contribution in [0.4, 0.5) is 0 Å². The lowest BCUT2D eigenvalue weighted by Crippen LogP contribution is -2.57. The van der Waals surface area contributed by atoms with Crippen molar-refractivity contribution in [3.8, 4) is 11.1 Å². The summed E-state index contributed by atoms with van der Waals surface area (Å²) in [5.41, 5.74) is 1.85. The van der Waals surface area contributed by atoms with E-state index in [-0.39, 0.29) is 11.9 Å². The van der Waals surface area contributed by atoms with E-state index in [1.807, 2.05) is 6.92 Å². The summed E-state index contributed by atoms with van der Waals surface area (Å²) in [6.07, 6.45) is 0.345. The van der Waals surface area contributed by atoms with Gasteiger partial charge in [0.05, 0.1) is 12.0 Å². The smallest absolute Gasteiger partial charge is 0.231 e. The predicted octanol–water partition coefficient (Wildman–Crippen LogP) is 4.77. The van der Waals surface area contributed by atoms with Gasteiger partial charge >= 0.3 is 0 Å². The van der Waals surface area contributed by atoms with Gasteiger partial charge in [0.25, 0.3) is 0 Å². The van der Waals surface area contributed by atoms with Gasteiger partial charge in [-0.15, -0.1) is 11.3 Å². The predicted molar refractivity (Wildman–Crippen MR) is 116 cm³/mol. The van der Waals surface area contributed by atoms with E-state index in [1.54, 1.807) is 18.4 Å². The third-order valence-corrected chi connectivity index (χ3v) is 6.95. The molecule has 2 aromatic carbocycles. The summed E-state index contributed by atoms with van der Waals surface area (Å²) in [6.45, 7) is 2.00. The van der Waals surface area contributed by atoms with Gasteiger partial charge in [0, 0.05) is 20.2 Å². The first-order chi connectivity index (χ1) is 12.4. The summed E-state index contributed by atoms with van der Waals surface area (Å²) in [6, 6.07) is 17.0. The van der Waals surface area contributed by atoms with Gasteiger partial charge in [-0.25, -0.2) is 0 Å². The second kappa shape index (κ2) is 6.35. The van der Waals surface area contributed by atoms with Crippen LogP contribution in [-0.2, 0) is 10.3 Å². The number of benzene rings is 2. The Morgan fingerprint density at radius 3 is 2.73 bits per heavy atom. The average molecular weight is 475 g/mol. The van der Waals surface area contributed by atoms with Crippen molar-refractivity contribution in [1.82, 2.24) is 10.2 Å². The van der Waals surface area contributed by atoms with Gasteiger partial charge in [-0.2, -0.15) is 0 Å². The molecule has 3 aromatic rings. The van der Waals surface area contributed by atoms with Crippen LogP contribution in [-0.4, -0.2) is 23.8 Å². The van der Waals surface area contributed by atoms with E-state index in [9.17, 15) is 4.79 Å². The first-order valence-electron chi connectivity index (χ1n) is 8.30. The van der Waals surface area contributed by atoms with Crippen molar-refractivity contribution in [2.45, 2.75) is 18.9 Å². The molecule has 0 spiro atoms. The van der Waals surface area contributed by atoms with E-state index in [0.29, 0.717) is 6.42 Å². The lowest BCUT2D eigenvalue weighted by Gasteiger charge is -2.38. The molecule has 132 valence electrons. The molecule has 1 aromatic heterocycles. The van der Waals surface area contributed by atoms with Crippen LogP contribution in [0.3, 0.4) is 0 Å². The molecule has 2 N–H and O–H groups in total. The minimum absolute atomic E-state index is 0.0356. The summed E-state index contributed by atoms with van der Waals surface area (Å²) < 4.78 is 2.42. The number of thiophene rings is 1. The number of hydrogen-bond acceptors (Lipinski definition) is 3. The summed E-state index contributed by atoms with van der Waals surface area (Å²) in [5.74, 6) is 0.116. The SMILES string of the molecule is CN1C(=N)N[C@](C)(c2cc3cccc(-c4cccc(I)c4)c3s2)CC1=O. The van der Waals surface area contributed by atoms with Crippen molar-refractivity contribution < 1.29 is 4.79 Å². The van der Waals surface area contributed by atoms with Crippen molar-refractivity contribution in [1.29, 1.82) is 5.41 Å². The molecule has 1 fully saturated rings. The van der Waals surface area contributed by atoms with Crippen LogP contribution in [0.15, 0.2) is 48.5 Å². The maximum Gasteiger partial charge on any atom is 0.231 e. The molecule has 1 saturated heterocycles. The Balaban J connectivity index is 1.83. The molecular weight excluding hydrogens is 457 g/mol. The van der Waals surface area contributed by atoms with Crippen LogP contribution in [0.5, 0.6) is 0 Å². The van der Waals surface area contributed by atoms with Crippen molar-refractivity contribution >= 4 is 55.9 Å². The average Bonchev–Trinajstić information content (AvgIpc) is 3.05. The van der Waals surface area contributed by atoms with E-state index < -0.39 is 5.54 Å². The Labute approximate surface area is 169 Å². The second-order valence-corrected chi connectivity index (χ2v) is 9.08. The summed E-state index contributed by atoms with van der Waals surface area (Å²) in [4.78, 5) is 14.7. The molecule has 26 heavy (non-hydrogen) atoms. The van der Waals surface area contributed by atoms with E-state index >= 15 is 0 Å². The molecular formula is C20H18IN3OS. The largest absolute Gasteiger partial charge is 0.345 e. The molecule has 1 atom stereocenters. The molecule has 0 unspecified atom stereocenters. The van der Waals surface area contributed by atoms with Gasteiger partial charge in [0.2, 0.25) is 5.91 Å². The van der Waals surface area contributed by atoms with Gasteiger partial charge in [-0.3, -0.25) is 15.1 Å². The monoisotopic (exact) mass is 475 g/mol. The minimum Gasteiger partial charge on any atom is -0.345 e. The number of carbonyl (C=O) groups is 1. The molecule has 4 rings (SSSR count). The third-order valence-electron chi connectivity index (χ3n) is 4.83. The lowest BCUT2D eigenvalue weighted by molar-refractivity contribution is -0.129. The van der Waals surface area contributed by atoms with Crippen LogP contribution in [0.1, 0.15) is 18.2 Å². The zero-order chi connectivity index (χ0) is 18.5. The maximum atomic E-state index is 12.3. The highest BCUT2D eigenvalue weighted by Crippen LogP contribution is 2.41. The van der Waals surface area contributed by atoms with Crippen molar-refractivity contribution in [3.05, 3.63) is 57.0 Å². The Hall–Kier alpha value is -1.93. The molecule has 0 aliphatic carbocycles. The fourth-order valence-electron chi connectivity index (χ4n) is 3.30. The fraction of sp³-hybridized carbons (Fsp3) is 0.200. The van der Waals surface area contributed by atoms with Crippen LogP contribution >= 0.6 is 33.9 Å². The molecule has 2 heterocycles. The van der Waals surface area contributed by atoms with Gasteiger partial charge in [-0.1, -0.05) is 30.3 Å². The highest BCUT2D eigenvalue weighted by atomic mass is 127. The zero-order valence-electron chi connectivity index (χ0n) is 14.5. The molecule has 6 heteroatoms. The van der Waals surface area contributed by atoms with Gasteiger partial charge < -0.3 is 5.32 Å². The minimum atomic E-state index is -0.549. The van der Waals surface area contributed by atoms with E-state index in [2.05, 4.69) is 76.4 Å². The standard InChI is InChI=1S/C20H18IN3OS/c1-20(11-17(25)24(2)19(22)23-20)16-10-13-6-4-8-15(18(13)26-16)12-5-3-7-14(21)9-12/h3-10H,11H2,1-2H3,(H2,22,23)/t20-/m0/s1. The van der Waals surface area contributed by atoms with Crippen LogP contribution in [0, 0.1) is 8.98 Å². The number of carbonyl (C=O) groups excluding carboxylic acids is 1. The summed E-state index contributed by atoms with van der Waals surface area (Å²) in [7, 11) is 1.64. The molecule has 1 aliphatic rings. The first-order valence-corrected chi connectivity index (χ1v) is 10.2. The van der Waals surface area contributed by atoms with Gasteiger partial charge in [0.1, 0.15) is 0 Å². The third kappa shape index (κ3) is 2.91. The fourth-order valence-corrected chi connectivity index (χ4v) is 5.14. The zero-order valence-corrected chi connectivity index (χ0v) is 17.4. The second-order valence-electron chi connectivity index (χ2n) is 6.78. The highest BCUT2D eigenvalue weighted by molar-refractivity contribution is 14.1. The Morgan fingerprint density at radius 2 is 2.00 bits per heavy atom. The number of amides is 1. The first kappa shape index (κ1) is 17.5. The molecule has 1 amide bonds. The molecule has 0 radical (unpaired) electrons. The number of fused-ring (bicyclic) bond motifs is 1. The van der Waals surface area contributed by atoms with Crippen LogP contribution in [0.2, 0.25) is 0 Å². The van der Waals surface area contributed by atoms with Gasteiger partial charge in [0.15, 0.2) is 5.96 Å². The topological polar surface area (TPSA) is 56.2 Å². The van der Waals surface area contributed by atoms with Gasteiger partial charge in [-0.05, 0) is 64.2 Å². The summed E-state index contributed by atoms with van der Waals surface area (Å²) >= 11 is 4.04. The number of halogens is 1. The summed E-state index contributed by atoms with van der Waals surface area (Å²) in [5, 5.41) is 12.4. The highest BCUT2D eigenvalue weighted by Gasteiger charge is 2.39. The lowest BCUT2D eigenvalue weighted by atomic mass is 9.92. The van der Waals surface area contributed by atoms with E-state index in [4.69, 9.17) is 5.41 Å². The van der Waals surface area contributed by atoms with Crippen LogP contribution in [0.25, 0.3) is 21.2 Å². The van der Waals surface area contributed by atoms with Crippen molar-refractivity contribution in [2.24, 2.45) is 0 Å². The number of guanidine groups is 1. The molecule has 4 nitrogen and oxygen atoms in total. The Bertz CT molecular complexity index is 1020. The van der Waals surface area contributed by atoms with Crippen LogP contribution < -0.4 is 5.32 Å². The van der Waals surface area contributed by atoms with Crippen molar-refractivity contribution in [2.75, 3.05) is 7.05 Å². The molecule has 0 bridgehead atoms. The maximum absolute atomic E-state index is 12.3. The Morgan fingerprint density at radius 1 is 1.23 bits per heavy atom. The molecule has 1 aliphatic heterocycles. The number of rotatable bonds is 2. The Kier molecular flexibility index (Phi) is 4.27.